The molecule has 0 radical (unpaired) electrons. The third-order valence-electron chi connectivity index (χ3n) is 3.53. The van der Waals surface area contributed by atoms with E-state index in [9.17, 15) is 0 Å². The van der Waals surface area contributed by atoms with E-state index in [1.54, 1.807) is 6.20 Å². The van der Waals surface area contributed by atoms with E-state index in [0.29, 0.717) is 6.54 Å². The first kappa shape index (κ1) is 15.0. The van der Waals surface area contributed by atoms with Gasteiger partial charge in [-0.3, -0.25) is 4.98 Å². The van der Waals surface area contributed by atoms with E-state index < -0.39 is 0 Å². The van der Waals surface area contributed by atoms with E-state index in [0.717, 1.165) is 10.0 Å². The summed E-state index contributed by atoms with van der Waals surface area (Å²) in [6, 6.07) is 8.66. The van der Waals surface area contributed by atoms with Crippen LogP contribution in [-0.2, 0) is 0 Å². The Morgan fingerprint density at radius 3 is 2.60 bits per heavy atom. The molecular weight excluding hydrogens is 314 g/mol. The van der Waals surface area contributed by atoms with Crippen molar-refractivity contribution in [3.8, 4) is 0 Å². The van der Waals surface area contributed by atoms with Gasteiger partial charge < -0.3 is 10.6 Å². The van der Waals surface area contributed by atoms with Crippen LogP contribution in [0.5, 0.6) is 0 Å². The van der Waals surface area contributed by atoms with E-state index in [-0.39, 0.29) is 6.04 Å². The molecule has 1 unspecified atom stereocenters. The van der Waals surface area contributed by atoms with Crippen LogP contribution < -0.4 is 10.6 Å². The van der Waals surface area contributed by atoms with Crippen molar-refractivity contribution in [2.75, 3.05) is 18.5 Å². The summed E-state index contributed by atoms with van der Waals surface area (Å²) in [6.45, 7) is 4.78. The van der Waals surface area contributed by atoms with Crippen molar-refractivity contribution in [3.05, 3.63) is 57.8 Å². The average Bonchev–Trinajstić information content (AvgIpc) is 2.39. The summed E-state index contributed by atoms with van der Waals surface area (Å²) < 4.78 is 0.975. The minimum atomic E-state index is 0.112. The highest BCUT2D eigenvalue weighted by atomic mass is 79.9. The number of anilines is 1. The summed E-state index contributed by atoms with van der Waals surface area (Å²) in [6.07, 6.45) is 3.66. The summed E-state index contributed by atoms with van der Waals surface area (Å²) >= 11 is 3.47. The average molecular weight is 334 g/mol. The van der Waals surface area contributed by atoms with E-state index >= 15 is 0 Å². The maximum Gasteiger partial charge on any atom is 0.0677 e. The van der Waals surface area contributed by atoms with Crippen molar-refractivity contribution in [3.63, 3.8) is 0 Å². The highest BCUT2D eigenvalue weighted by molar-refractivity contribution is 9.10. The minimum Gasteiger partial charge on any atom is -0.366 e. The molecule has 0 fully saturated rings. The number of hydrogen-bond acceptors (Lipinski definition) is 3. The quantitative estimate of drug-likeness (QED) is 0.929. The van der Waals surface area contributed by atoms with Crippen molar-refractivity contribution < 1.29 is 0 Å². The molecule has 0 aliphatic carbocycles. The smallest absolute Gasteiger partial charge is 0.0677 e. The standard InChI is InChI=1S/C16H20BrN3/c1-11-4-5-15(12(2)6-11)20(3)16(8-18)13-7-14(17)10-19-9-13/h4-7,9-10,16H,8,18H2,1-3H3. The summed E-state index contributed by atoms with van der Waals surface area (Å²) in [5.74, 6) is 0. The lowest BCUT2D eigenvalue weighted by Crippen LogP contribution is -2.31. The van der Waals surface area contributed by atoms with Crippen molar-refractivity contribution in [1.29, 1.82) is 0 Å². The fourth-order valence-electron chi connectivity index (χ4n) is 2.50. The molecule has 0 saturated carbocycles. The molecule has 0 amide bonds. The lowest BCUT2D eigenvalue weighted by atomic mass is 10.0. The van der Waals surface area contributed by atoms with Crippen molar-refractivity contribution in [1.82, 2.24) is 4.98 Å². The molecule has 2 rings (SSSR count). The van der Waals surface area contributed by atoms with Gasteiger partial charge in [0, 0.05) is 36.1 Å². The number of hydrogen-bond donors (Lipinski definition) is 1. The Balaban J connectivity index is 2.36. The SMILES string of the molecule is Cc1ccc(N(C)C(CN)c2cncc(Br)c2)c(C)c1. The fourth-order valence-corrected chi connectivity index (χ4v) is 2.88. The molecule has 1 aromatic heterocycles. The fraction of sp³-hybridized carbons (Fsp3) is 0.312. The molecule has 0 spiro atoms. The first-order chi connectivity index (χ1) is 9.52. The Labute approximate surface area is 129 Å². The van der Waals surface area contributed by atoms with E-state index in [2.05, 4.69) is 71.0 Å². The zero-order valence-electron chi connectivity index (χ0n) is 12.1. The maximum atomic E-state index is 5.99. The van der Waals surface area contributed by atoms with Crippen LogP contribution >= 0.6 is 15.9 Å². The van der Waals surface area contributed by atoms with Gasteiger partial charge >= 0.3 is 0 Å². The van der Waals surface area contributed by atoms with E-state index in [1.165, 1.54) is 16.8 Å². The summed E-state index contributed by atoms with van der Waals surface area (Å²) in [5, 5.41) is 0. The van der Waals surface area contributed by atoms with Gasteiger partial charge in [-0.25, -0.2) is 0 Å². The van der Waals surface area contributed by atoms with Crippen LogP contribution in [0.3, 0.4) is 0 Å². The molecule has 2 aromatic rings. The van der Waals surface area contributed by atoms with Crippen molar-refractivity contribution >= 4 is 21.6 Å². The number of pyridine rings is 1. The van der Waals surface area contributed by atoms with Crippen molar-refractivity contribution in [2.24, 2.45) is 5.73 Å². The van der Waals surface area contributed by atoms with Crippen LogP contribution in [0.25, 0.3) is 0 Å². The van der Waals surface area contributed by atoms with Crippen LogP contribution in [0.4, 0.5) is 5.69 Å². The largest absolute Gasteiger partial charge is 0.366 e. The topological polar surface area (TPSA) is 42.1 Å². The number of nitrogens with zero attached hydrogens (tertiary/aromatic N) is 2. The van der Waals surface area contributed by atoms with Gasteiger partial charge in [-0.1, -0.05) is 17.7 Å². The third kappa shape index (κ3) is 3.19. The molecule has 0 aliphatic rings. The Kier molecular flexibility index (Phi) is 4.78. The Bertz CT molecular complexity index is 598. The van der Waals surface area contributed by atoms with Gasteiger partial charge in [-0.05, 0) is 53.0 Å². The van der Waals surface area contributed by atoms with Crippen LogP contribution in [0.2, 0.25) is 0 Å². The van der Waals surface area contributed by atoms with Gasteiger partial charge in [-0.2, -0.15) is 0 Å². The van der Waals surface area contributed by atoms with E-state index in [4.69, 9.17) is 5.73 Å². The summed E-state index contributed by atoms with van der Waals surface area (Å²) in [4.78, 5) is 6.46. The molecule has 0 aliphatic heterocycles. The van der Waals surface area contributed by atoms with E-state index in [1.807, 2.05) is 6.20 Å². The van der Waals surface area contributed by atoms with Crippen molar-refractivity contribution in [2.45, 2.75) is 19.9 Å². The molecule has 20 heavy (non-hydrogen) atoms. The number of aryl methyl sites for hydroxylation is 2. The van der Waals surface area contributed by atoms with Gasteiger partial charge in [-0.15, -0.1) is 0 Å². The first-order valence-electron chi connectivity index (χ1n) is 6.63. The number of benzene rings is 1. The first-order valence-corrected chi connectivity index (χ1v) is 7.43. The molecule has 2 N–H and O–H groups in total. The zero-order chi connectivity index (χ0) is 14.7. The second kappa shape index (κ2) is 6.37. The molecule has 1 heterocycles. The van der Waals surface area contributed by atoms with Gasteiger partial charge in [0.2, 0.25) is 0 Å². The Hall–Kier alpha value is -1.39. The molecule has 1 aromatic carbocycles. The lowest BCUT2D eigenvalue weighted by Gasteiger charge is -2.30. The maximum absolute atomic E-state index is 5.99. The zero-order valence-corrected chi connectivity index (χ0v) is 13.7. The van der Waals surface area contributed by atoms with Gasteiger partial charge in [0.15, 0.2) is 0 Å². The Morgan fingerprint density at radius 2 is 2.00 bits per heavy atom. The van der Waals surface area contributed by atoms with Gasteiger partial charge in [0.05, 0.1) is 6.04 Å². The number of rotatable bonds is 4. The predicted molar refractivity (Wildman–Crippen MR) is 88.1 cm³/mol. The Morgan fingerprint density at radius 1 is 1.25 bits per heavy atom. The van der Waals surface area contributed by atoms with Crippen LogP contribution in [-0.4, -0.2) is 18.6 Å². The highest BCUT2D eigenvalue weighted by Crippen LogP contribution is 2.28. The predicted octanol–water partition coefficient (Wildman–Crippen LogP) is 3.60. The van der Waals surface area contributed by atoms with Crippen LogP contribution in [0, 0.1) is 13.8 Å². The summed E-state index contributed by atoms with van der Waals surface area (Å²) in [7, 11) is 2.08. The lowest BCUT2D eigenvalue weighted by molar-refractivity contribution is 0.675. The third-order valence-corrected chi connectivity index (χ3v) is 3.97. The number of halogens is 1. The monoisotopic (exact) mass is 333 g/mol. The summed E-state index contributed by atoms with van der Waals surface area (Å²) in [5.41, 5.74) is 10.8. The normalized spacial score (nSPS) is 12.2. The number of likely N-dealkylation sites (N-methyl/N-ethyl adjacent to an activating group) is 1. The molecule has 0 bridgehead atoms. The second-order valence-electron chi connectivity index (χ2n) is 5.09. The molecular formula is C16H20BrN3. The molecule has 106 valence electrons. The van der Waals surface area contributed by atoms with Crippen LogP contribution in [0.1, 0.15) is 22.7 Å². The van der Waals surface area contributed by atoms with Gasteiger partial charge in [0.1, 0.15) is 0 Å². The molecule has 0 saturated heterocycles. The minimum absolute atomic E-state index is 0.112. The number of aromatic nitrogens is 1. The second-order valence-corrected chi connectivity index (χ2v) is 6.00. The molecule has 3 nitrogen and oxygen atoms in total. The number of nitrogens with two attached hydrogens (primary N) is 1. The highest BCUT2D eigenvalue weighted by Gasteiger charge is 2.18. The van der Waals surface area contributed by atoms with Gasteiger partial charge in [0.25, 0.3) is 0 Å². The molecule has 4 heteroatoms. The van der Waals surface area contributed by atoms with Crippen LogP contribution in [0.15, 0.2) is 41.1 Å². The molecule has 1 atom stereocenters.